The molecule has 0 fully saturated rings. The summed E-state index contributed by atoms with van der Waals surface area (Å²) in [4.78, 5) is 11.0. The van der Waals surface area contributed by atoms with Crippen LogP contribution in [0, 0.1) is 0 Å². The van der Waals surface area contributed by atoms with Gasteiger partial charge in [0.25, 0.3) is 0 Å². The van der Waals surface area contributed by atoms with Crippen molar-refractivity contribution in [3.63, 3.8) is 0 Å². The summed E-state index contributed by atoms with van der Waals surface area (Å²) in [5, 5.41) is 0. The van der Waals surface area contributed by atoms with Crippen LogP contribution in [0.4, 0.5) is 4.79 Å². The summed E-state index contributed by atoms with van der Waals surface area (Å²) in [6, 6.07) is 0. The van der Waals surface area contributed by atoms with E-state index in [1.54, 1.807) is 0 Å². The van der Waals surface area contributed by atoms with E-state index in [0.717, 1.165) is 12.8 Å². The van der Waals surface area contributed by atoms with Crippen molar-refractivity contribution in [2.75, 3.05) is 13.2 Å². The van der Waals surface area contributed by atoms with E-state index in [-0.39, 0.29) is 0 Å². The summed E-state index contributed by atoms with van der Waals surface area (Å²) >= 11 is 4.59. The van der Waals surface area contributed by atoms with Crippen LogP contribution in [0.15, 0.2) is 0 Å². The van der Waals surface area contributed by atoms with Gasteiger partial charge in [-0.2, -0.15) is 0 Å². The molecule has 84 valence electrons. The number of hydrogen-bond acceptors (Lipinski definition) is 3. The van der Waals surface area contributed by atoms with Gasteiger partial charge < -0.3 is 9.47 Å². The normalized spacial score (nSPS) is 14.6. The van der Waals surface area contributed by atoms with Gasteiger partial charge in [-0.05, 0) is 12.8 Å². The van der Waals surface area contributed by atoms with E-state index in [1.807, 2.05) is 0 Å². The Balaban J connectivity index is 3.28. The molecule has 0 aromatic carbocycles. The molecule has 2 unspecified atom stereocenters. The first kappa shape index (κ1) is 14.7. The molecule has 5 heteroatoms. The highest BCUT2D eigenvalue weighted by Gasteiger charge is 2.05. The first-order chi connectivity index (χ1) is 6.52. The monoisotopic (exact) mass is 426 g/mol. The number of alkyl halides is 2. The Hall–Kier alpha value is 0.730. The van der Waals surface area contributed by atoms with E-state index in [2.05, 4.69) is 59.0 Å². The van der Waals surface area contributed by atoms with Crippen molar-refractivity contribution in [1.82, 2.24) is 0 Å². The Morgan fingerprint density at radius 3 is 1.71 bits per heavy atom. The third-order valence-corrected chi connectivity index (χ3v) is 2.72. The van der Waals surface area contributed by atoms with Gasteiger partial charge >= 0.3 is 6.16 Å². The standard InChI is InChI=1S/C9H16I2O3/c1-7(10)3-5-13-9(12)14-6-4-8(2)11/h7-8H,3-6H2,1-2H3. The predicted octanol–water partition coefficient (Wildman–Crippen LogP) is 3.57. The number of ether oxygens (including phenoxy) is 2. The Morgan fingerprint density at radius 2 is 1.43 bits per heavy atom. The third kappa shape index (κ3) is 10.8. The zero-order valence-electron chi connectivity index (χ0n) is 8.46. The maximum Gasteiger partial charge on any atom is 0.508 e. The fraction of sp³-hybridized carbons (Fsp3) is 0.889. The Kier molecular flexibility index (Phi) is 9.46. The first-order valence-electron chi connectivity index (χ1n) is 4.60. The molecule has 14 heavy (non-hydrogen) atoms. The van der Waals surface area contributed by atoms with E-state index in [0.29, 0.717) is 21.1 Å². The molecule has 0 aliphatic carbocycles. The van der Waals surface area contributed by atoms with Crippen LogP contribution >= 0.6 is 45.2 Å². The Bertz CT molecular complexity index is 144. The lowest BCUT2D eigenvalue weighted by molar-refractivity contribution is 0.0544. The lowest BCUT2D eigenvalue weighted by atomic mass is 10.4. The van der Waals surface area contributed by atoms with Crippen LogP contribution < -0.4 is 0 Å². The maximum atomic E-state index is 11.0. The highest BCUT2D eigenvalue weighted by atomic mass is 127. The maximum absolute atomic E-state index is 11.0. The van der Waals surface area contributed by atoms with E-state index >= 15 is 0 Å². The highest BCUT2D eigenvalue weighted by Crippen LogP contribution is 2.05. The van der Waals surface area contributed by atoms with Crippen LogP contribution in [-0.2, 0) is 9.47 Å². The van der Waals surface area contributed by atoms with Gasteiger partial charge in [0, 0.05) is 7.85 Å². The Morgan fingerprint density at radius 1 is 1.07 bits per heavy atom. The molecular weight excluding hydrogens is 410 g/mol. The Labute approximate surface area is 113 Å². The first-order valence-corrected chi connectivity index (χ1v) is 7.09. The van der Waals surface area contributed by atoms with Crippen molar-refractivity contribution >= 4 is 51.3 Å². The van der Waals surface area contributed by atoms with Crippen molar-refractivity contribution in [2.24, 2.45) is 0 Å². The van der Waals surface area contributed by atoms with E-state index in [1.165, 1.54) is 0 Å². The number of carbonyl (C=O) groups is 1. The van der Waals surface area contributed by atoms with Gasteiger partial charge in [-0.15, -0.1) is 0 Å². The second-order valence-electron chi connectivity index (χ2n) is 3.09. The SMILES string of the molecule is CC(I)CCOC(=O)OCCC(C)I. The summed E-state index contributed by atoms with van der Waals surface area (Å²) in [6.07, 6.45) is 1.20. The number of halogens is 2. The molecule has 0 saturated heterocycles. The van der Waals surface area contributed by atoms with Crippen molar-refractivity contribution in [2.45, 2.75) is 34.5 Å². The van der Waals surface area contributed by atoms with Crippen LogP contribution in [0.5, 0.6) is 0 Å². The van der Waals surface area contributed by atoms with Crippen LogP contribution in [0.25, 0.3) is 0 Å². The topological polar surface area (TPSA) is 35.5 Å². The summed E-state index contributed by atoms with van der Waals surface area (Å²) in [6.45, 7) is 5.05. The van der Waals surface area contributed by atoms with Crippen LogP contribution in [-0.4, -0.2) is 27.2 Å². The minimum absolute atomic E-state index is 0.447. The minimum Gasteiger partial charge on any atom is -0.434 e. The molecule has 0 aliphatic heterocycles. The van der Waals surface area contributed by atoms with Gasteiger partial charge in [0.1, 0.15) is 0 Å². The van der Waals surface area contributed by atoms with Crippen molar-refractivity contribution in [1.29, 1.82) is 0 Å². The molecule has 0 aromatic heterocycles. The van der Waals surface area contributed by atoms with Crippen molar-refractivity contribution < 1.29 is 14.3 Å². The van der Waals surface area contributed by atoms with Gasteiger partial charge in [0.2, 0.25) is 0 Å². The highest BCUT2D eigenvalue weighted by molar-refractivity contribution is 14.1. The smallest absolute Gasteiger partial charge is 0.434 e. The molecule has 2 atom stereocenters. The van der Waals surface area contributed by atoms with Crippen LogP contribution in [0.1, 0.15) is 26.7 Å². The molecule has 0 bridgehead atoms. The molecular formula is C9H16I2O3. The number of hydrogen-bond donors (Lipinski definition) is 0. The molecule has 0 amide bonds. The van der Waals surface area contributed by atoms with E-state index in [9.17, 15) is 4.79 Å². The minimum atomic E-state index is -0.542. The summed E-state index contributed by atoms with van der Waals surface area (Å²) in [5.41, 5.74) is 0. The van der Waals surface area contributed by atoms with Crippen LogP contribution in [0.3, 0.4) is 0 Å². The molecule has 3 nitrogen and oxygen atoms in total. The van der Waals surface area contributed by atoms with Crippen molar-refractivity contribution in [3.05, 3.63) is 0 Å². The van der Waals surface area contributed by atoms with E-state index in [4.69, 9.17) is 9.47 Å². The van der Waals surface area contributed by atoms with Gasteiger partial charge in [-0.25, -0.2) is 4.79 Å². The summed E-state index contributed by atoms with van der Waals surface area (Å²) < 4.78 is 10.8. The van der Waals surface area contributed by atoms with Gasteiger partial charge in [0.15, 0.2) is 0 Å². The lowest BCUT2D eigenvalue weighted by Gasteiger charge is -2.07. The number of rotatable bonds is 6. The quantitative estimate of drug-likeness (QED) is 0.371. The predicted molar refractivity (Wildman–Crippen MR) is 73.5 cm³/mol. The average molecular weight is 426 g/mol. The summed E-state index contributed by atoms with van der Waals surface area (Å²) in [7, 11) is 0. The van der Waals surface area contributed by atoms with Gasteiger partial charge in [0.05, 0.1) is 13.2 Å². The molecule has 0 heterocycles. The second kappa shape index (κ2) is 8.99. The third-order valence-electron chi connectivity index (χ3n) is 1.47. The second-order valence-corrected chi connectivity index (χ2v) is 7.34. The van der Waals surface area contributed by atoms with Gasteiger partial charge in [-0.3, -0.25) is 0 Å². The molecule has 0 aromatic rings. The van der Waals surface area contributed by atoms with Crippen LogP contribution in [0.2, 0.25) is 0 Å². The average Bonchev–Trinajstić information content (AvgIpc) is 2.02. The molecule has 0 aliphatic rings. The fourth-order valence-electron chi connectivity index (χ4n) is 0.651. The fourth-order valence-corrected chi connectivity index (χ4v) is 1.16. The molecule has 0 saturated carbocycles. The van der Waals surface area contributed by atoms with Crippen molar-refractivity contribution in [3.8, 4) is 0 Å². The zero-order valence-corrected chi connectivity index (χ0v) is 12.8. The zero-order chi connectivity index (χ0) is 11.0. The molecule has 0 spiro atoms. The van der Waals surface area contributed by atoms with Gasteiger partial charge in [-0.1, -0.05) is 59.0 Å². The molecule has 0 N–H and O–H groups in total. The molecule has 0 rings (SSSR count). The number of carbonyl (C=O) groups excluding carboxylic acids is 1. The lowest BCUT2D eigenvalue weighted by Crippen LogP contribution is -2.12. The largest absolute Gasteiger partial charge is 0.508 e. The summed E-state index contributed by atoms with van der Waals surface area (Å²) in [5.74, 6) is 0. The van der Waals surface area contributed by atoms with E-state index < -0.39 is 6.16 Å². The molecule has 0 radical (unpaired) electrons.